The van der Waals surface area contributed by atoms with Gasteiger partial charge in [0.25, 0.3) is 0 Å². The van der Waals surface area contributed by atoms with Crippen LogP contribution in [0.2, 0.25) is 5.02 Å². The van der Waals surface area contributed by atoms with Gasteiger partial charge in [-0.25, -0.2) is 22.8 Å². The summed E-state index contributed by atoms with van der Waals surface area (Å²) >= 11 is 6.12. The van der Waals surface area contributed by atoms with E-state index in [-0.39, 0.29) is 17.4 Å². The van der Waals surface area contributed by atoms with Crippen molar-refractivity contribution in [3.8, 4) is 0 Å². The van der Waals surface area contributed by atoms with Crippen LogP contribution in [0.1, 0.15) is 70.3 Å². The average molecular weight is 575 g/mol. The van der Waals surface area contributed by atoms with Crippen LogP contribution in [-0.2, 0) is 32.3 Å². The minimum absolute atomic E-state index is 0.161. The number of rotatable bonds is 5. The summed E-state index contributed by atoms with van der Waals surface area (Å²) in [7, 11) is -4.00. The van der Waals surface area contributed by atoms with E-state index in [4.69, 9.17) is 16.3 Å². The molecule has 39 heavy (non-hydrogen) atoms. The number of halogens is 1. The Morgan fingerprint density at radius 2 is 1.85 bits per heavy atom. The molecule has 1 aromatic carbocycles. The van der Waals surface area contributed by atoms with E-state index in [1.54, 1.807) is 43.9 Å². The Labute approximate surface area is 234 Å². The molecule has 0 N–H and O–H groups in total. The Balaban J connectivity index is 1.27. The number of hydrogen-bond donors (Lipinski definition) is 0. The number of hydrogen-bond acceptors (Lipinski definition) is 6. The van der Waals surface area contributed by atoms with Crippen LogP contribution in [0.25, 0.3) is 10.9 Å². The number of aromatic nitrogens is 3. The molecule has 0 aliphatic carbocycles. The van der Waals surface area contributed by atoms with Crippen molar-refractivity contribution < 1.29 is 22.7 Å². The molecule has 2 aliphatic rings. The number of ether oxygens (including phenoxy) is 1. The molecule has 0 spiro atoms. The lowest BCUT2D eigenvalue weighted by molar-refractivity contribution is -0.131. The molecule has 9 nitrogen and oxygen atoms in total. The van der Waals surface area contributed by atoms with Gasteiger partial charge in [-0.15, -0.1) is 0 Å². The molecule has 0 bridgehead atoms. The molecular formula is C28H35ClN4O5S. The molecular weight excluding hydrogens is 540 g/mol. The number of imidazole rings is 1. The van der Waals surface area contributed by atoms with Crippen molar-refractivity contribution in [3.63, 3.8) is 0 Å². The first kappa shape index (κ1) is 27.7. The quantitative estimate of drug-likeness (QED) is 0.416. The van der Waals surface area contributed by atoms with Gasteiger partial charge in [0.1, 0.15) is 16.5 Å². The number of fused-ring (bicyclic) bond motifs is 2. The third kappa shape index (κ3) is 5.87. The van der Waals surface area contributed by atoms with Crippen molar-refractivity contribution in [3.05, 3.63) is 47.0 Å². The number of likely N-dealkylation sites (tertiary alicyclic amines) is 1. The van der Waals surface area contributed by atoms with Gasteiger partial charge < -0.3 is 14.2 Å². The monoisotopic (exact) mass is 574 g/mol. The van der Waals surface area contributed by atoms with Crippen LogP contribution in [-0.4, -0.2) is 63.9 Å². The first-order valence-electron chi connectivity index (χ1n) is 13.5. The number of piperidine rings is 1. The standard InChI is InChI=1S/C28H35ClN4O5S/c1-28(2,3)38-27(35)33-22-8-7-21(29)16-20(22)17-26(33)39(36,37)15-11-25(34)31-13-9-19(10-14-31)23-18-30-24-6-4-5-12-32(23)24/h7-8,16-19H,4-6,9-15H2,1-3H3. The van der Waals surface area contributed by atoms with Gasteiger partial charge >= 0.3 is 6.09 Å². The second-order valence-electron chi connectivity index (χ2n) is 11.4. The number of benzene rings is 1. The highest BCUT2D eigenvalue weighted by atomic mass is 35.5. The van der Waals surface area contributed by atoms with Crippen LogP contribution in [0.3, 0.4) is 0 Å². The van der Waals surface area contributed by atoms with Crippen LogP contribution < -0.4 is 0 Å². The number of carbonyl (C=O) groups excluding carboxylic acids is 2. The summed E-state index contributed by atoms with van der Waals surface area (Å²) in [5.74, 6) is 0.907. The lowest BCUT2D eigenvalue weighted by atomic mass is 9.93. The minimum atomic E-state index is -4.00. The van der Waals surface area contributed by atoms with E-state index in [9.17, 15) is 18.0 Å². The third-order valence-electron chi connectivity index (χ3n) is 7.48. The fraction of sp³-hybridized carbons (Fsp3) is 0.536. The topological polar surface area (TPSA) is 104 Å². The van der Waals surface area contributed by atoms with Crippen molar-refractivity contribution in [2.24, 2.45) is 0 Å². The highest BCUT2D eigenvalue weighted by Gasteiger charge is 2.31. The van der Waals surface area contributed by atoms with Crippen molar-refractivity contribution in [1.29, 1.82) is 0 Å². The second kappa shape index (κ2) is 10.6. The van der Waals surface area contributed by atoms with E-state index in [1.807, 2.05) is 6.20 Å². The maximum Gasteiger partial charge on any atom is 0.420 e. The van der Waals surface area contributed by atoms with Crippen LogP contribution >= 0.6 is 11.6 Å². The van der Waals surface area contributed by atoms with Gasteiger partial charge in [0.15, 0.2) is 9.84 Å². The second-order valence-corrected chi connectivity index (χ2v) is 13.9. The van der Waals surface area contributed by atoms with Gasteiger partial charge in [0.2, 0.25) is 5.91 Å². The van der Waals surface area contributed by atoms with Gasteiger partial charge in [-0.2, -0.15) is 0 Å². The first-order valence-corrected chi connectivity index (χ1v) is 15.6. The van der Waals surface area contributed by atoms with Crippen molar-refractivity contribution in [2.45, 2.75) is 82.4 Å². The van der Waals surface area contributed by atoms with Crippen molar-refractivity contribution in [1.82, 2.24) is 19.0 Å². The zero-order valence-corrected chi connectivity index (χ0v) is 24.2. The molecule has 0 unspecified atom stereocenters. The van der Waals surface area contributed by atoms with Crippen LogP contribution in [0.4, 0.5) is 4.79 Å². The Hall–Kier alpha value is -2.85. The van der Waals surface area contributed by atoms with E-state index in [0.29, 0.717) is 34.9 Å². The minimum Gasteiger partial charge on any atom is -0.443 e. The summed E-state index contributed by atoms with van der Waals surface area (Å²) < 4.78 is 35.8. The summed E-state index contributed by atoms with van der Waals surface area (Å²) in [6.45, 7) is 7.32. The van der Waals surface area contributed by atoms with Crippen LogP contribution in [0, 0.1) is 0 Å². The van der Waals surface area contributed by atoms with Gasteiger partial charge in [0.05, 0.1) is 11.3 Å². The largest absolute Gasteiger partial charge is 0.443 e. The van der Waals surface area contributed by atoms with Gasteiger partial charge in [0, 0.05) is 60.7 Å². The predicted molar refractivity (Wildman–Crippen MR) is 149 cm³/mol. The zero-order valence-electron chi connectivity index (χ0n) is 22.7. The lowest BCUT2D eigenvalue weighted by Gasteiger charge is -2.33. The first-order chi connectivity index (χ1) is 18.4. The van der Waals surface area contributed by atoms with Gasteiger partial charge in [-0.3, -0.25) is 4.79 Å². The summed E-state index contributed by atoms with van der Waals surface area (Å²) in [4.78, 5) is 32.5. The summed E-state index contributed by atoms with van der Waals surface area (Å²) in [6, 6.07) is 6.20. The lowest BCUT2D eigenvalue weighted by Crippen LogP contribution is -2.39. The number of sulfone groups is 1. The van der Waals surface area contributed by atoms with Crippen LogP contribution in [0.5, 0.6) is 0 Å². The van der Waals surface area contributed by atoms with E-state index in [0.717, 1.165) is 36.2 Å². The van der Waals surface area contributed by atoms with E-state index in [1.165, 1.54) is 24.6 Å². The van der Waals surface area contributed by atoms with E-state index in [2.05, 4.69) is 9.55 Å². The summed E-state index contributed by atoms with van der Waals surface area (Å²) in [6.07, 6.45) is 6.06. The molecule has 2 aromatic heterocycles. The van der Waals surface area contributed by atoms with Crippen LogP contribution in [0.15, 0.2) is 35.5 Å². The van der Waals surface area contributed by atoms with Crippen molar-refractivity contribution >= 4 is 44.3 Å². The fourth-order valence-corrected chi connectivity index (χ4v) is 7.15. The maximum atomic E-state index is 13.5. The van der Waals surface area contributed by atoms with E-state index >= 15 is 0 Å². The van der Waals surface area contributed by atoms with Gasteiger partial charge in [-0.1, -0.05) is 11.6 Å². The molecule has 3 aromatic rings. The smallest absolute Gasteiger partial charge is 0.420 e. The Morgan fingerprint density at radius 1 is 1.10 bits per heavy atom. The maximum absolute atomic E-state index is 13.5. The highest BCUT2D eigenvalue weighted by molar-refractivity contribution is 7.91. The molecule has 0 atom stereocenters. The number of nitrogens with zero attached hydrogens (tertiary/aromatic N) is 4. The molecule has 1 amide bonds. The summed E-state index contributed by atoms with van der Waals surface area (Å²) in [5, 5.41) is 0.719. The molecule has 1 fully saturated rings. The number of carbonyl (C=O) groups is 2. The highest BCUT2D eigenvalue weighted by Crippen LogP contribution is 2.32. The molecule has 0 saturated carbocycles. The predicted octanol–water partition coefficient (Wildman–Crippen LogP) is 5.18. The molecule has 2 aliphatic heterocycles. The Bertz CT molecular complexity index is 1510. The zero-order chi connectivity index (χ0) is 27.9. The third-order valence-corrected chi connectivity index (χ3v) is 9.39. The van der Waals surface area contributed by atoms with Gasteiger partial charge in [-0.05, 0) is 70.7 Å². The SMILES string of the molecule is CC(C)(C)OC(=O)n1c(S(=O)(=O)CCC(=O)N2CCC(c3cnc4n3CCCC4)CC2)cc2cc(Cl)ccc21. The number of aryl methyl sites for hydroxylation is 1. The fourth-order valence-electron chi connectivity index (χ4n) is 5.56. The normalized spacial score (nSPS) is 16.9. The Morgan fingerprint density at radius 3 is 2.56 bits per heavy atom. The molecule has 1 saturated heterocycles. The Kier molecular flexibility index (Phi) is 7.54. The molecule has 5 rings (SSSR count). The van der Waals surface area contributed by atoms with E-state index < -0.39 is 27.3 Å². The van der Waals surface area contributed by atoms with Crippen molar-refractivity contribution in [2.75, 3.05) is 18.8 Å². The molecule has 11 heteroatoms. The molecule has 0 radical (unpaired) electrons. The average Bonchev–Trinajstić information content (AvgIpc) is 3.48. The molecule has 210 valence electrons. The number of amides is 1. The molecule has 4 heterocycles. The summed E-state index contributed by atoms with van der Waals surface area (Å²) in [5.41, 5.74) is 0.816.